The molecule has 0 N–H and O–H groups in total. The van der Waals surface area contributed by atoms with Gasteiger partial charge in [0.2, 0.25) is 0 Å². The first-order valence-corrected chi connectivity index (χ1v) is 6.15. The fourth-order valence-electron chi connectivity index (χ4n) is 1.98. The van der Waals surface area contributed by atoms with Gasteiger partial charge in [0, 0.05) is 11.2 Å². The Bertz CT molecular complexity index is 412. The first kappa shape index (κ1) is 13.7. The summed E-state index contributed by atoms with van der Waals surface area (Å²) < 4.78 is 5.06. The van der Waals surface area contributed by atoms with Crippen molar-refractivity contribution in [2.45, 2.75) is 47.0 Å². The van der Waals surface area contributed by atoms with Crippen LogP contribution in [-0.4, -0.2) is 10.4 Å². The average molecular weight is 234 g/mol. The summed E-state index contributed by atoms with van der Waals surface area (Å²) in [4.78, 5) is 0. The van der Waals surface area contributed by atoms with Crippen molar-refractivity contribution >= 4 is 0 Å². The van der Waals surface area contributed by atoms with Gasteiger partial charge < -0.3 is 4.52 Å². The highest BCUT2D eigenvalue weighted by Gasteiger charge is 2.24. The zero-order chi connectivity index (χ0) is 13.0. The van der Waals surface area contributed by atoms with E-state index in [-0.39, 0.29) is 0 Å². The van der Waals surface area contributed by atoms with Crippen LogP contribution in [0.2, 0.25) is 0 Å². The number of hydrogen-bond donors (Lipinski definition) is 0. The van der Waals surface area contributed by atoms with Crippen LogP contribution in [0.4, 0.5) is 0 Å². The zero-order valence-electron chi connectivity index (χ0n) is 11.4. The largest absolute Gasteiger partial charge is 0.342 e. The lowest BCUT2D eigenvalue weighted by Gasteiger charge is -2.21. The molecule has 3 heteroatoms. The van der Waals surface area contributed by atoms with Crippen LogP contribution in [0.5, 0.6) is 0 Å². The maximum absolute atomic E-state index is 5.06. The highest BCUT2D eigenvalue weighted by Crippen LogP contribution is 2.33. The minimum atomic E-state index is 0.327. The molecule has 1 aromatic rings. The summed E-state index contributed by atoms with van der Waals surface area (Å²) in [5, 5.41) is 7.74. The second kappa shape index (κ2) is 5.83. The van der Waals surface area contributed by atoms with Crippen LogP contribution in [-0.2, 0) is 0 Å². The van der Waals surface area contributed by atoms with E-state index in [0.29, 0.717) is 17.8 Å². The van der Waals surface area contributed by atoms with Gasteiger partial charge in [-0.05, 0) is 30.8 Å². The van der Waals surface area contributed by atoms with Crippen molar-refractivity contribution in [1.82, 2.24) is 10.4 Å². The van der Waals surface area contributed by atoms with E-state index in [4.69, 9.17) is 4.52 Å². The Kier molecular flexibility index (Phi) is 4.71. The number of hydrogen-bond acceptors (Lipinski definition) is 3. The van der Waals surface area contributed by atoms with Crippen LogP contribution in [0, 0.1) is 18.8 Å². The fourth-order valence-corrected chi connectivity index (χ4v) is 1.98. The monoisotopic (exact) mass is 234 g/mol. The minimum Gasteiger partial charge on any atom is -0.342 e. The number of aromatic nitrogens is 2. The Morgan fingerprint density at radius 1 is 1.35 bits per heavy atom. The van der Waals surface area contributed by atoms with Crippen LogP contribution < -0.4 is 0 Å². The Hall–Kier alpha value is -1.34. The smallest absolute Gasteiger partial charge is 0.157 e. The van der Waals surface area contributed by atoms with Gasteiger partial charge in [-0.2, -0.15) is 0 Å². The molecule has 1 rings (SSSR count). The molecular formula is C14H22N2O. The molecule has 0 aromatic carbocycles. The molecule has 0 amide bonds. The molecule has 0 aliphatic rings. The molecule has 0 aliphatic carbocycles. The van der Waals surface area contributed by atoms with Gasteiger partial charge in [-0.3, -0.25) is 0 Å². The second-order valence-electron chi connectivity index (χ2n) is 5.13. The van der Waals surface area contributed by atoms with Crippen LogP contribution in [0.15, 0.2) is 22.4 Å². The van der Waals surface area contributed by atoms with Crippen molar-refractivity contribution < 1.29 is 4.52 Å². The summed E-state index contributed by atoms with van der Waals surface area (Å²) >= 11 is 0. The minimum absolute atomic E-state index is 0.327. The van der Waals surface area contributed by atoms with Crippen molar-refractivity contribution in [3.05, 3.63) is 29.3 Å². The summed E-state index contributed by atoms with van der Waals surface area (Å²) in [5.74, 6) is 2.10. The highest BCUT2D eigenvalue weighted by molar-refractivity contribution is 5.16. The topological polar surface area (TPSA) is 38.9 Å². The third kappa shape index (κ3) is 3.31. The van der Waals surface area contributed by atoms with E-state index in [1.54, 1.807) is 0 Å². The molecule has 0 spiro atoms. The van der Waals surface area contributed by atoms with Gasteiger partial charge in [-0.15, -0.1) is 10.8 Å². The van der Waals surface area contributed by atoms with Gasteiger partial charge in [0.15, 0.2) is 5.76 Å². The molecule has 3 nitrogen and oxygen atoms in total. The van der Waals surface area contributed by atoms with Gasteiger partial charge in [0.1, 0.15) is 5.69 Å². The fraction of sp³-hybridized carbons (Fsp3) is 0.643. The van der Waals surface area contributed by atoms with Crippen molar-refractivity contribution in [2.24, 2.45) is 11.8 Å². The van der Waals surface area contributed by atoms with Gasteiger partial charge in [-0.1, -0.05) is 34.3 Å². The Labute approximate surface area is 104 Å². The van der Waals surface area contributed by atoms with Gasteiger partial charge in [-0.25, -0.2) is 0 Å². The molecule has 1 unspecified atom stereocenters. The Morgan fingerprint density at radius 2 is 2.00 bits per heavy atom. The molecule has 1 heterocycles. The maximum Gasteiger partial charge on any atom is 0.157 e. The van der Waals surface area contributed by atoms with E-state index in [9.17, 15) is 0 Å². The molecule has 0 aliphatic heterocycles. The zero-order valence-corrected chi connectivity index (χ0v) is 11.4. The van der Waals surface area contributed by atoms with E-state index >= 15 is 0 Å². The summed E-state index contributed by atoms with van der Waals surface area (Å²) in [6.07, 6.45) is 0.924. The van der Waals surface area contributed by atoms with Gasteiger partial charge in [0.05, 0.1) is 0 Å². The predicted molar refractivity (Wildman–Crippen MR) is 68.7 cm³/mol. The van der Waals surface area contributed by atoms with Crippen LogP contribution in [0.25, 0.3) is 0 Å². The molecular weight excluding hydrogens is 212 g/mol. The Morgan fingerprint density at radius 3 is 2.35 bits per heavy atom. The van der Waals surface area contributed by atoms with Gasteiger partial charge in [0.25, 0.3) is 0 Å². The van der Waals surface area contributed by atoms with E-state index in [0.717, 1.165) is 17.9 Å². The lowest BCUT2D eigenvalue weighted by Crippen LogP contribution is -2.11. The van der Waals surface area contributed by atoms with Crippen LogP contribution in [0.3, 0.4) is 0 Å². The third-order valence-corrected chi connectivity index (χ3v) is 3.21. The van der Waals surface area contributed by atoms with Crippen molar-refractivity contribution in [3.63, 3.8) is 0 Å². The lowest BCUT2D eigenvalue weighted by atomic mass is 9.83. The molecule has 0 saturated heterocycles. The molecule has 0 saturated carbocycles. The summed E-state index contributed by atoms with van der Waals surface area (Å²) in [6.45, 7) is 14.4. The first-order chi connectivity index (χ1) is 7.97. The van der Waals surface area contributed by atoms with Gasteiger partial charge >= 0.3 is 0 Å². The third-order valence-electron chi connectivity index (χ3n) is 3.21. The van der Waals surface area contributed by atoms with E-state index in [1.165, 1.54) is 5.57 Å². The van der Waals surface area contributed by atoms with Crippen molar-refractivity contribution in [1.29, 1.82) is 0 Å². The molecule has 0 fully saturated rings. The molecule has 94 valence electrons. The van der Waals surface area contributed by atoms with Crippen molar-refractivity contribution in [3.8, 4) is 0 Å². The van der Waals surface area contributed by atoms with E-state index < -0.39 is 0 Å². The summed E-state index contributed by atoms with van der Waals surface area (Å²) in [6, 6.07) is 0. The molecule has 1 atom stereocenters. The molecule has 17 heavy (non-hydrogen) atoms. The standard InChI is InChI=1S/C14H22N2O/c1-7-12(9(2)3)8-13(10(4)5)14-11(6)17-16-15-14/h9-10,13H,1,8H2,2-6H3. The molecule has 1 aromatic heterocycles. The number of aryl methyl sites for hydroxylation is 1. The van der Waals surface area contributed by atoms with E-state index in [1.807, 2.05) is 6.92 Å². The SMILES string of the molecule is C=C=C(CC(c1nnoc1C)C(C)C)C(C)C. The summed E-state index contributed by atoms with van der Waals surface area (Å²) in [7, 11) is 0. The van der Waals surface area contributed by atoms with Crippen molar-refractivity contribution in [2.75, 3.05) is 0 Å². The highest BCUT2D eigenvalue weighted by atomic mass is 16.5. The maximum atomic E-state index is 5.06. The van der Waals surface area contributed by atoms with Crippen LogP contribution in [0.1, 0.15) is 51.5 Å². The summed E-state index contributed by atoms with van der Waals surface area (Å²) in [5.41, 5.74) is 5.26. The quantitative estimate of drug-likeness (QED) is 0.726. The van der Waals surface area contributed by atoms with E-state index in [2.05, 4.69) is 50.4 Å². The number of nitrogens with zero attached hydrogens (tertiary/aromatic N) is 2. The number of rotatable bonds is 5. The second-order valence-corrected chi connectivity index (χ2v) is 5.13. The van der Waals surface area contributed by atoms with Crippen LogP contribution >= 0.6 is 0 Å². The normalized spacial score (nSPS) is 12.9. The Balaban J connectivity index is 2.96. The lowest BCUT2D eigenvalue weighted by molar-refractivity contribution is 0.373. The molecule has 0 bridgehead atoms. The predicted octanol–water partition coefficient (Wildman–Crippen LogP) is 3.88. The average Bonchev–Trinajstić information content (AvgIpc) is 2.65. The number of allylic oxidation sites excluding steroid dienone is 1. The first-order valence-electron chi connectivity index (χ1n) is 6.15. The molecule has 0 radical (unpaired) electrons.